The van der Waals surface area contributed by atoms with Crippen LogP contribution in [0, 0.1) is 5.41 Å². The van der Waals surface area contributed by atoms with Crippen LogP contribution in [0.15, 0.2) is 66.7 Å². The average molecular weight is 358 g/mol. The van der Waals surface area contributed by atoms with Crippen LogP contribution in [0.1, 0.15) is 16.7 Å². The van der Waals surface area contributed by atoms with Crippen LogP contribution in [0.2, 0.25) is 0 Å². The van der Waals surface area contributed by atoms with Crippen molar-refractivity contribution in [1.82, 2.24) is 9.80 Å². The number of amidine groups is 1. The van der Waals surface area contributed by atoms with Crippen LogP contribution < -0.4 is 5.73 Å². The summed E-state index contributed by atoms with van der Waals surface area (Å²) in [5.74, 6) is 0.129. The standard InChI is InChI=1S/C23H26N4/c24-23(25)21-9-5-18(6-10-21)16-26-11-13-27(14-12-26)17-19-7-8-20-3-1-2-4-22(20)15-19/h1-10,15H,11-14,16-17H2,(H3,24,25). The topological polar surface area (TPSA) is 56.4 Å². The zero-order valence-electron chi connectivity index (χ0n) is 15.6. The summed E-state index contributed by atoms with van der Waals surface area (Å²) < 4.78 is 0. The third kappa shape index (κ3) is 4.35. The van der Waals surface area contributed by atoms with E-state index in [9.17, 15) is 0 Å². The Bertz CT molecular complexity index is 925. The first-order valence-corrected chi connectivity index (χ1v) is 9.53. The minimum atomic E-state index is 0.129. The van der Waals surface area contributed by atoms with E-state index in [-0.39, 0.29) is 5.84 Å². The number of nitrogens with zero attached hydrogens (tertiary/aromatic N) is 2. The second-order valence-corrected chi connectivity index (χ2v) is 7.34. The van der Waals surface area contributed by atoms with Crippen molar-refractivity contribution in [3.05, 3.63) is 83.4 Å². The molecule has 4 heteroatoms. The molecular formula is C23H26N4. The number of rotatable bonds is 5. The Labute approximate surface area is 160 Å². The minimum Gasteiger partial charge on any atom is -0.384 e. The van der Waals surface area contributed by atoms with E-state index in [1.165, 1.54) is 21.9 Å². The van der Waals surface area contributed by atoms with E-state index in [4.69, 9.17) is 11.1 Å². The highest BCUT2D eigenvalue weighted by Gasteiger charge is 2.17. The Balaban J connectivity index is 1.31. The maximum Gasteiger partial charge on any atom is 0.122 e. The van der Waals surface area contributed by atoms with E-state index in [0.717, 1.165) is 44.8 Å². The molecule has 27 heavy (non-hydrogen) atoms. The molecule has 138 valence electrons. The highest BCUT2D eigenvalue weighted by molar-refractivity contribution is 5.94. The second kappa shape index (κ2) is 7.91. The lowest BCUT2D eigenvalue weighted by Crippen LogP contribution is -2.45. The van der Waals surface area contributed by atoms with Gasteiger partial charge >= 0.3 is 0 Å². The van der Waals surface area contributed by atoms with Crippen molar-refractivity contribution >= 4 is 16.6 Å². The Hall–Kier alpha value is -2.69. The summed E-state index contributed by atoms with van der Waals surface area (Å²) in [6, 6.07) is 23.4. The van der Waals surface area contributed by atoms with Crippen LogP contribution in [0.4, 0.5) is 0 Å². The highest BCUT2D eigenvalue weighted by Crippen LogP contribution is 2.18. The van der Waals surface area contributed by atoms with Gasteiger partial charge < -0.3 is 5.73 Å². The normalized spacial score (nSPS) is 15.9. The zero-order chi connectivity index (χ0) is 18.6. The molecule has 0 aromatic heterocycles. The fraction of sp³-hybridized carbons (Fsp3) is 0.261. The molecule has 1 saturated heterocycles. The number of nitrogen functional groups attached to an aromatic ring is 1. The number of nitrogens with one attached hydrogen (secondary N) is 1. The van der Waals surface area contributed by atoms with Gasteiger partial charge in [0.05, 0.1) is 0 Å². The molecule has 0 aliphatic carbocycles. The Morgan fingerprint density at radius 2 is 1.30 bits per heavy atom. The van der Waals surface area contributed by atoms with Gasteiger partial charge in [-0.05, 0) is 28.0 Å². The first kappa shape index (κ1) is 17.7. The van der Waals surface area contributed by atoms with Gasteiger partial charge in [0.25, 0.3) is 0 Å². The van der Waals surface area contributed by atoms with Crippen molar-refractivity contribution in [3.8, 4) is 0 Å². The molecule has 3 aromatic carbocycles. The average Bonchev–Trinajstić information content (AvgIpc) is 2.70. The van der Waals surface area contributed by atoms with Gasteiger partial charge in [-0.3, -0.25) is 15.2 Å². The Morgan fingerprint density at radius 1 is 0.741 bits per heavy atom. The maximum atomic E-state index is 7.48. The van der Waals surface area contributed by atoms with E-state index in [1.807, 2.05) is 12.1 Å². The minimum absolute atomic E-state index is 0.129. The molecule has 3 N–H and O–H groups in total. The molecule has 0 unspecified atom stereocenters. The zero-order valence-corrected chi connectivity index (χ0v) is 15.6. The molecular weight excluding hydrogens is 332 g/mol. The van der Waals surface area contributed by atoms with Gasteiger partial charge in [0.15, 0.2) is 0 Å². The van der Waals surface area contributed by atoms with Crippen molar-refractivity contribution in [2.45, 2.75) is 13.1 Å². The summed E-state index contributed by atoms with van der Waals surface area (Å²) in [5, 5.41) is 10.1. The number of benzene rings is 3. The molecule has 4 nitrogen and oxygen atoms in total. The number of hydrogen-bond acceptors (Lipinski definition) is 3. The fourth-order valence-electron chi connectivity index (χ4n) is 3.75. The van der Waals surface area contributed by atoms with Crippen LogP contribution >= 0.6 is 0 Å². The smallest absolute Gasteiger partial charge is 0.122 e. The predicted molar refractivity (Wildman–Crippen MR) is 112 cm³/mol. The van der Waals surface area contributed by atoms with Crippen molar-refractivity contribution in [3.63, 3.8) is 0 Å². The molecule has 0 saturated carbocycles. The van der Waals surface area contributed by atoms with E-state index in [1.54, 1.807) is 0 Å². The van der Waals surface area contributed by atoms with Gasteiger partial charge in [-0.25, -0.2) is 0 Å². The third-order valence-corrected chi connectivity index (χ3v) is 5.36. The quantitative estimate of drug-likeness (QED) is 0.543. The van der Waals surface area contributed by atoms with Crippen LogP contribution in [0.25, 0.3) is 10.8 Å². The predicted octanol–water partition coefficient (Wildman–Crippen LogP) is 3.44. The van der Waals surface area contributed by atoms with Crippen molar-refractivity contribution in [2.75, 3.05) is 26.2 Å². The summed E-state index contributed by atoms with van der Waals surface area (Å²) in [7, 11) is 0. The SMILES string of the molecule is N=C(N)c1ccc(CN2CCN(Cc3ccc4ccccc4c3)CC2)cc1. The van der Waals surface area contributed by atoms with E-state index < -0.39 is 0 Å². The Morgan fingerprint density at radius 3 is 1.93 bits per heavy atom. The lowest BCUT2D eigenvalue weighted by Gasteiger charge is -2.34. The van der Waals surface area contributed by atoms with Gasteiger partial charge in [-0.15, -0.1) is 0 Å². The molecule has 1 fully saturated rings. The number of fused-ring (bicyclic) bond motifs is 1. The molecule has 1 heterocycles. The molecule has 0 radical (unpaired) electrons. The first-order valence-electron chi connectivity index (χ1n) is 9.53. The molecule has 0 amide bonds. The third-order valence-electron chi connectivity index (χ3n) is 5.36. The largest absolute Gasteiger partial charge is 0.384 e. The van der Waals surface area contributed by atoms with Crippen molar-refractivity contribution in [2.24, 2.45) is 5.73 Å². The summed E-state index contributed by atoms with van der Waals surface area (Å²) in [4.78, 5) is 5.04. The summed E-state index contributed by atoms with van der Waals surface area (Å²) in [6.07, 6.45) is 0. The lowest BCUT2D eigenvalue weighted by atomic mass is 10.1. The molecule has 0 bridgehead atoms. The molecule has 3 aromatic rings. The van der Waals surface area contributed by atoms with Crippen LogP contribution in [-0.4, -0.2) is 41.8 Å². The van der Waals surface area contributed by atoms with E-state index in [0.29, 0.717) is 0 Å². The summed E-state index contributed by atoms with van der Waals surface area (Å²) in [6.45, 7) is 6.34. The van der Waals surface area contributed by atoms with Gasteiger partial charge in [0.1, 0.15) is 5.84 Å². The molecule has 1 aliphatic heterocycles. The van der Waals surface area contributed by atoms with E-state index >= 15 is 0 Å². The van der Waals surface area contributed by atoms with Crippen molar-refractivity contribution in [1.29, 1.82) is 5.41 Å². The fourth-order valence-corrected chi connectivity index (χ4v) is 3.75. The van der Waals surface area contributed by atoms with Crippen LogP contribution in [0.5, 0.6) is 0 Å². The highest BCUT2D eigenvalue weighted by atomic mass is 15.3. The van der Waals surface area contributed by atoms with Gasteiger partial charge in [0, 0.05) is 44.8 Å². The molecule has 0 atom stereocenters. The second-order valence-electron chi connectivity index (χ2n) is 7.34. The van der Waals surface area contributed by atoms with Crippen LogP contribution in [0.3, 0.4) is 0 Å². The Kier molecular flexibility index (Phi) is 5.19. The molecule has 0 spiro atoms. The van der Waals surface area contributed by atoms with Gasteiger partial charge in [-0.1, -0.05) is 60.7 Å². The van der Waals surface area contributed by atoms with E-state index in [2.05, 4.69) is 64.4 Å². The first-order chi connectivity index (χ1) is 13.2. The van der Waals surface area contributed by atoms with Gasteiger partial charge in [-0.2, -0.15) is 0 Å². The summed E-state index contributed by atoms with van der Waals surface area (Å²) in [5.41, 5.74) is 8.99. The van der Waals surface area contributed by atoms with Gasteiger partial charge in [0.2, 0.25) is 0 Å². The van der Waals surface area contributed by atoms with Crippen molar-refractivity contribution < 1.29 is 0 Å². The number of piperazine rings is 1. The van der Waals surface area contributed by atoms with Crippen LogP contribution in [-0.2, 0) is 13.1 Å². The molecule has 4 rings (SSSR count). The number of nitrogens with two attached hydrogens (primary N) is 1. The summed E-state index contributed by atoms with van der Waals surface area (Å²) >= 11 is 0. The maximum absolute atomic E-state index is 7.48. The molecule has 1 aliphatic rings. The number of hydrogen-bond donors (Lipinski definition) is 2. The lowest BCUT2D eigenvalue weighted by molar-refractivity contribution is 0.122. The monoisotopic (exact) mass is 358 g/mol.